The predicted molar refractivity (Wildman–Crippen MR) is 119 cm³/mol. The third kappa shape index (κ3) is 3.50. The van der Waals surface area contributed by atoms with Crippen molar-refractivity contribution in [1.29, 1.82) is 0 Å². The Morgan fingerprint density at radius 2 is 1.68 bits per heavy atom. The molecule has 0 saturated carbocycles. The number of aromatic nitrogens is 3. The summed E-state index contributed by atoms with van der Waals surface area (Å²) in [6, 6.07) is 21.4. The highest BCUT2D eigenvalue weighted by Crippen LogP contribution is 2.34. The topological polar surface area (TPSA) is 79.0 Å². The number of nitrogens with zero attached hydrogens (tertiary/aromatic N) is 3. The molecule has 6 nitrogen and oxygen atoms in total. The van der Waals surface area contributed by atoms with Gasteiger partial charge in [-0.05, 0) is 24.5 Å². The van der Waals surface area contributed by atoms with E-state index in [0.717, 1.165) is 22.8 Å². The maximum atomic E-state index is 13.1. The van der Waals surface area contributed by atoms with Crippen molar-refractivity contribution in [3.8, 4) is 11.4 Å². The van der Waals surface area contributed by atoms with Crippen molar-refractivity contribution >= 4 is 23.2 Å². The molecule has 5 rings (SSSR count). The van der Waals surface area contributed by atoms with Gasteiger partial charge in [-0.15, -0.1) is 0 Å². The molecule has 31 heavy (non-hydrogen) atoms. The fourth-order valence-electron chi connectivity index (χ4n) is 4.28. The Balaban J connectivity index is 1.35. The summed E-state index contributed by atoms with van der Waals surface area (Å²) in [6.07, 6.45) is 4.02. The minimum Gasteiger partial charge on any atom is -0.337 e. The van der Waals surface area contributed by atoms with Crippen LogP contribution < -0.4 is 0 Å². The molecule has 6 heteroatoms. The Bertz CT molecular complexity index is 1230. The third-order valence-electron chi connectivity index (χ3n) is 6.15. The van der Waals surface area contributed by atoms with Crippen LogP contribution in [0, 0.1) is 0 Å². The van der Waals surface area contributed by atoms with Gasteiger partial charge in [-0.25, -0.2) is 9.97 Å². The molecule has 2 aromatic heterocycles. The van der Waals surface area contributed by atoms with Crippen LogP contribution in [-0.2, 0) is 10.2 Å². The third-order valence-corrected chi connectivity index (χ3v) is 6.15. The van der Waals surface area contributed by atoms with Crippen molar-refractivity contribution in [2.45, 2.75) is 18.3 Å². The van der Waals surface area contributed by atoms with Gasteiger partial charge >= 0.3 is 0 Å². The lowest BCUT2D eigenvalue weighted by Crippen LogP contribution is -2.46. The summed E-state index contributed by atoms with van der Waals surface area (Å²) < 4.78 is 0. The second-order valence-electron chi connectivity index (χ2n) is 7.98. The second kappa shape index (κ2) is 7.80. The predicted octanol–water partition coefficient (Wildman–Crippen LogP) is 4.00. The summed E-state index contributed by atoms with van der Waals surface area (Å²) in [4.78, 5) is 39.1. The van der Waals surface area contributed by atoms with Crippen LogP contribution in [0.1, 0.15) is 28.9 Å². The van der Waals surface area contributed by atoms with Gasteiger partial charge in [0.15, 0.2) is 5.82 Å². The zero-order valence-electron chi connectivity index (χ0n) is 17.0. The molecule has 154 valence electrons. The van der Waals surface area contributed by atoms with Crippen molar-refractivity contribution in [2.24, 2.45) is 0 Å². The lowest BCUT2D eigenvalue weighted by Gasteiger charge is -2.38. The summed E-state index contributed by atoms with van der Waals surface area (Å²) >= 11 is 0. The van der Waals surface area contributed by atoms with Crippen molar-refractivity contribution in [1.82, 2.24) is 19.9 Å². The van der Waals surface area contributed by atoms with E-state index in [9.17, 15) is 9.59 Å². The Kier molecular flexibility index (Phi) is 4.82. The summed E-state index contributed by atoms with van der Waals surface area (Å²) in [5.74, 6) is 0.539. The Labute approximate surface area is 180 Å². The number of piperidine rings is 1. The molecular weight excluding hydrogens is 388 g/mol. The molecule has 0 aliphatic carbocycles. The number of amides is 1. The normalized spacial score (nSPS) is 15.7. The van der Waals surface area contributed by atoms with E-state index in [2.05, 4.69) is 15.0 Å². The number of aromatic amines is 1. The van der Waals surface area contributed by atoms with E-state index >= 15 is 0 Å². The van der Waals surface area contributed by atoms with E-state index in [1.165, 1.54) is 0 Å². The Morgan fingerprint density at radius 1 is 1.00 bits per heavy atom. The molecule has 0 radical (unpaired) electrons. The first-order chi connectivity index (χ1) is 15.2. The Hall–Kier alpha value is -3.80. The molecule has 1 saturated heterocycles. The van der Waals surface area contributed by atoms with E-state index in [0.29, 0.717) is 43.1 Å². The van der Waals surface area contributed by atoms with Gasteiger partial charge in [0.2, 0.25) is 0 Å². The van der Waals surface area contributed by atoms with Crippen molar-refractivity contribution in [3.05, 3.63) is 84.2 Å². The Morgan fingerprint density at radius 3 is 2.35 bits per heavy atom. The lowest BCUT2D eigenvalue weighted by atomic mass is 9.74. The zero-order chi connectivity index (χ0) is 21.3. The minimum atomic E-state index is -0.519. The summed E-state index contributed by atoms with van der Waals surface area (Å²) in [5, 5.41) is 0.798. The number of nitrogens with one attached hydrogen (secondary N) is 1. The molecule has 3 heterocycles. The summed E-state index contributed by atoms with van der Waals surface area (Å²) in [7, 11) is 0. The largest absolute Gasteiger partial charge is 0.337 e. The maximum absolute atomic E-state index is 13.1. The molecule has 0 atom stereocenters. The zero-order valence-corrected chi connectivity index (χ0v) is 17.0. The van der Waals surface area contributed by atoms with Gasteiger partial charge in [0, 0.05) is 30.2 Å². The van der Waals surface area contributed by atoms with Gasteiger partial charge in [-0.1, -0.05) is 60.7 Å². The van der Waals surface area contributed by atoms with E-state index in [4.69, 9.17) is 0 Å². The van der Waals surface area contributed by atoms with E-state index in [-0.39, 0.29) is 5.91 Å². The van der Waals surface area contributed by atoms with Gasteiger partial charge < -0.3 is 14.7 Å². The fraction of sp³-hybridized carbons (Fsp3) is 0.200. The number of carbonyl (C=O) groups is 2. The molecule has 1 N–H and O–H groups in total. The van der Waals surface area contributed by atoms with E-state index in [1.54, 1.807) is 17.2 Å². The molecular formula is C25H22N4O2. The van der Waals surface area contributed by atoms with Crippen LogP contribution in [-0.4, -0.2) is 45.1 Å². The highest BCUT2D eigenvalue weighted by molar-refractivity contribution is 5.97. The van der Waals surface area contributed by atoms with Crippen LogP contribution in [0.4, 0.5) is 0 Å². The number of aldehydes is 1. The highest BCUT2D eigenvalue weighted by atomic mass is 16.2. The summed E-state index contributed by atoms with van der Waals surface area (Å²) in [5.41, 5.74) is 2.56. The molecule has 1 fully saturated rings. The van der Waals surface area contributed by atoms with Crippen LogP contribution in [0.15, 0.2) is 72.9 Å². The van der Waals surface area contributed by atoms with Crippen LogP contribution in [0.5, 0.6) is 0 Å². The number of benzene rings is 2. The molecule has 1 amide bonds. The highest BCUT2D eigenvalue weighted by Gasteiger charge is 2.37. The standard InChI is InChI=1S/C25H22N4O2/c30-17-25(20-9-5-2-6-10-20)11-13-29(14-12-25)24(31)21-15-19-16-26-22(28-23(19)27-21)18-7-3-1-4-8-18/h1-10,15-17H,11-14H2,(H,26,27,28). The number of H-pyrrole nitrogens is 1. The molecule has 2 aromatic carbocycles. The first-order valence-electron chi connectivity index (χ1n) is 10.4. The number of fused-ring (bicyclic) bond motifs is 1. The van der Waals surface area contributed by atoms with Crippen molar-refractivity contribution < 1.29 is 9.59 Å². The van der Waals surface area contributed by atoms with Crippen molar-refractivity contribution in [2.75, 3.05) is 13.1 Å². The number of likely N-dealkylation sites (tertiary alicyclic amines) is 1. The van der Waals surface area contributed by atoms with Gasteiger partial charge in [-0.2, -0.15) is 0 Å². The number of hydrogen-bond acceptors (Lipinski definition) is 4. The van der Waals surface area contributed by atoms with Crippen LogP contribution >= 0.6 is 0 Å². The molecule has 1 aliphatic rings. The smallest absolute Gasteiger partial charge is 0.270 e. The molecule has 0 unspecified atom stereocenters. The quantitative estimate of drug-likeness (QED) is 0.516. The van der Waals surface area contributed by atoms with Gasteiger partial charge in [0.05, 0.1) is 5.41 Å². The van der Waals surface area contributed by atoms with Crippen LogP contribution in [0.3, 0.4) is 0 Å². The van der Waals surface area contributed by atoms with Gasteiger partial charge in [0.1, 0.15) is 17.6 Å². The van der Waals surface area contributed by atoms with Gasteiger partial charge in [-0.3, -0.25) is 4.79 Å². The summed E-state index contributed by atoms with van der Waals surface area (Å²) in [6.45, 7) is 1.06. The lowest BCUT2D eigenvalue weighted by molar-refractivity contribution is -0.114. The van der Waals surface area contributed by atoms with E-state index < -0.39 is 5.41 Å². The van der Waals surface area contributed by atoms with Crippen LogP contribution in [0.2, 0.25) is 0 Å². The minimum absolute atomic E-state index is 0.0770. The van der Waals surface area contributed by atoms with Crippen molar-refractivity contribution in [3.63, 3.8) is 0 Å². The maximum Gasteiger partial charge on any atom is 0.270 e. The number of rotatable bonds is 4. The average molecular weight is 410 g/mol. The molecule has 0 spiro atoms. The first kappa shape index (κ1) is 19.2. The molecule has 4 aromatic rings. The number of hydrogen-bond donors (Lipinski definition) is 1. The van der Waals surface area contributed by atoms with E-state index in [1.807, 2.05) is 60.7 Å². The SMILES string of the molecule is O=CC1(c2ccccc2)CCN(C(=O)c2cc3cnc(-c4ccccc4)nc3[nH]2)CC1. The van der Waals surface area contributed by atoms with Crippen LogP contribution in [0.25, 0.3) is 22.4 Å². The van der Waals surface area contributed by atoms with Gasteiger partial charge in [0.25, 0.3) is 5.91 Å². The fourth-order valence-corrected chi connectivity index (χ4v) is 4.28. The second-order valence-corrected chi connectivity index (χ2v) is 7.98. The monoisotopic (exact) mass is 410 g/mol. The first-order valence-corrected chi connectivity index (χ1v) is 10.4. The molecule has 1 aliphatic heterocycles. The molecule has 0 bridgehead atoms. The number of carbonyl (C=O) groups excluding carboxylic acids is 2. The average Bonchev–Trinajstić information content (AvgIpc) is 3.28.